The summed E-state index contributed by atoms with van der Waals surface area (Å²) in [7, 11) is 1.48. The van der Waals surface area contributed by atoms with Crippen LogP contribution < -0.4 is 14.8 Å². The summed E-state index contributed by atoms with van der Waals surface area (Å²) in [5.74, 6) is -0.688. The summed E-state index contributed by atoms with van der Waals surface area (Å²) in [5.41, 5.74) is 1.25. The van der Waals surface area contributed by atoms with Gasteiger partial charge >= 0.3 is 0 Å². The molecule has 1 unspecified atom stereocenters. The molecule has 210 valence electrons. The molecule has 0 aliphatic carbocycles. The van der Waals surface area contributed by atoms with Crippen molar-refractivity contribution in [2.75, 3.05) is 20.3 Å². The number of nitrogens with zero attached hydrogens (tertiary/aromatic N) is 2. The van der Waals surface area contributed by atoms with Crippen LogP contribution in [0.5, 0.6) is 17.2 Å². The minimum Gasteiger partial charge on any atom is -0.507 e. The second-order valence-electron chi connectivity index (χ2n) is 10.0. The maximum Gasteiger partial charge on any atom is 0.279 e. The first-order valence-electron chi connectivity index (χ1n) is 12.8. The highest BCUT2D eigenvalue weighted by molar-refractivity contribution is 8.14. The van der Waals surface area contributed by atoms with E-state index in [2.05, 4.69) is 31.2 Å². The smallest absolute Gasteiger partial charge is 0.279 e. The lowest BCUT2D eigenvalue weighted by Crippen LogP contribution is -2.36. The molecule has 2 amide bonds. The molecule has 4 rings (SSSR count). The van der Waals surface area contributed by atoms with Crippen LogP contribution in [-0.2, 0) is 4.79 Å². The number of para-hydroxylation sites is 2. The van der Waals surface area contributed by atoms with Crippen molar-refractivity contribution in [3.8, 4) is 17.2 Å². The molecule has 10 heteroatoms. The predicted octanol–water partition coefficient (Wildman–Crippen LogP) is 5.72. The third-order valence-corrected chi connectivity index (χ3v) is 7.85. The Morgan fingerprint density at radius 1 is 1.10 bits per heavy atom. The van der Waals surface area contributed by atoms with E-state index in [-0.39, 0.29) is 35.1 Å². The molecule has 1 aliphatic rings. The van der Waals surface area contributed by atoms with E-state index >= 15 is 0 Å². The number of nitrogens with one attached hydrogen (secondary N) is 1. The summed E-state index contributed by atoms with van der Waals surface area (Å²) in [6.45, 7) is 6.52. The zero-order chi connectivity index (χ0) is 28.9. The number of halogens is 1. The number of amides is 2. The standard InChI is InChI=1S/C30H32FN3O5S/c1-5-30(2,3)18-32-25(36)17-39-24-12-8-10-22(26(24)38-4)29-34(28(37)21-9-6-7-11-23(21)35)33-27(40-29)19-13-15-20(31)16-14-19/h6-16,29,35H,5,17-18H2,1-4H3,(H,32,36). The average Bonchev–Trinajstić information content (AvgIpc) is 3.40. The highest BCUT2D eigenvalue weighted by atomic mass is 32.2. The fourth-order valence-corrected chi connectivity index (χ4v) is 5.06. The van der Waals surface area contributed by atoms with E-state index in [1.165, 1.54) is 48.1 Å². The van der Waals surface area contributed by atoms with Gasteiger partial charge in [0.2, 0.25) is 0 Å². The van der Waals surface area contributed by atoms with E-state index in [0.717, 1.165) is 6.42 Å². The molecule has 1 heterocycles. The molecule has 40 heavy (non-hydrogen) atoms. The maximum absolute atomic E-state index is 13.6. The van der Waals surface area contributed by atoms with Crippen molar-refractivity contribution < 1.29 is 28.6 Å². The molecule has 0 aromatic heterocycles. The van der Waals surface area contributed by atoms with Gasteiger partial charge in [-0.05, 0) is 54.3 Å². The van der Waals surface area contributed by atoms with Gasteiger partial charge in [0, 0.05) is 17.7 Å². The predicted molar refractivity (Wildman–Crippen MR) is 153 cm³/mol. The number of ether oxygens (including phenoxy) is 2. The Morgan fingerprint density at radius 2 is 1.82 bits per heavy atom. The number of rotatable bonds is 10. The second kappa shape index (κ2) is 12.4. The van der Waals surface area contributed by atoms with Gasteiger partial charge in [-0.15, -0.1) is 0 Å². The van der Waals surface area contributed by atoms with Gasteiger partial charge in [0.05, 0.1) is 12.7 Å². The summed E-state index contributed by atoms with van der Waals surface area (Å²) in [4.78, 5) is 26.1. The van der Waals surface area contributed by atoms with Gasteiger partial charge in [0.1, 0.15) is 22.0 Å². The van der Waals surface area contributed by atoms with Gasteiger partial charge in [0.15, 0.2) is 18.1 Å². The van der Waals surface area contributed by atoms with Crippen LogP contribution in [0.25, 0.3) is 0 Å². The van der Waals surface area contributed by atoms with Crippen LogP contribution in [-0.4, -0.2) is 47.2 Å². The van der Waals surface area contributed by atoms with Crippen LogP contribution in [0.1, 0.15) is 54.1 Å². The molecule has 0 spiro atoms. The molecule has 0 radical (unpaired) electrons. The number of carbonyl (C=O) groups excluding carboxylic acids is 2. The number of aromatic hydroxyl groups is 1. The van der Waals surface area contributed by atoms with Crippen LogP contribution in [0.2, 0.25) is 0 Å². The zero-order valence-electron chi connectivity index (χ0n) is 22.8. The van der Waals surface area contributed by atoms with Gasteiger partial charge in [-0.3, -0.25) is 9.59 Å². The monoisotopic (exact) mass is 565 g/mol. The highest BCUT2D eigenvalue weighted by Crippen LogP contribution is 2.47. The van der Waals surface area contributed by atoms with Crippen LogP contribution in [0.4, 0.5) is 4.39 Å². The van der Waals surface area contributed by atoms with Gasteiger partial charge in [-0.2, -0.15) is 5.10 Å². The molecular formula is C30H32FN3O5S. The fraction of sp³-hybridized carbons (Fsp3) is 0.300. The Kier molecular flexibility index (Phi) is 8.99. The molecule has 3 aromatic carbocycles. The zero-order valence-corrected chi connectivity index (χ0v) is 23.6. The van der Waals surface area contributed by atoms with E-state index < -0.39 is 11.3 Å². The molecule has 1 atom stereocenters. The van der Waals surface area contributed by atoms with E-state index in [4.69, 9.17) is 9.47 Å². The molecule has 0 saturated heterocycles. The van der Waals surface area contributed by atoms with Gasteiger partial charge < -0.3 is 19.9 Å². The van der Waals surface area contributed by atoms with Crippen molar-refractivity contribution in [3.05, 3.63) is 89.2 Å². The summed E-state index contributed by atoms with van der Waals surface area (Å²) in [6.07, 6.45) is 0.918. The van der Waals surface area contributed by atoms with E-state index in [1.54, 1.807) is 42.5 Å². The number of carbonyl (C=O) groups is 2. The topological polar surface area (TPSA) is 100 Å². The number of hydrazone groups is 1. The molecule has 0 fully saturated rings. The Hall–Kier alpha value is -4.05. The molecule has 8 nitrogen and oxygen atoms in total. The number of benzene rings is 3. The summed E-state index contributed by atoms with van der Waals surface area (Å²) in [6, 6.07) is 17.2. The highest BCUT2D eigenvalue weighted by Gasteiger charge is 2.37. The largest absolute Gasteiger partial charge is 0.507 e. The number of phenolic OH excluding ortho intramolecular Hbond substituents is 1. The molecule has 2 N–H and O–H groups in total. The number of phenols is 1. The lowest BCUT2D eigenvalue weighted by Gasteiger charge is -2.24. The van der Waals surface area contributed by atoms with E-state index in [0.29, 0.717) is 34.2 Å². The Labute approximate surface area is 237 Å². The summed E-state index contributed by atoms with van der Waals surface area (Å²) >= 11 is 1.27. The van der Waals surface area contributed by atoms with Crippen molar-refractivity contribution in [2.45, 2.75) is 32.6 Å². The molecule has 0 bridgehead atoms. The van der Waals surface area contributed by atoms with Gasteiger partial charge in [0.25, 0.3) is 11.8 Å². The molecule has 0 saturated carbocycles. The van der Waals surface area contributed by atoms with Crippen LogP contribution in [0, 0.1) is 11.2 Å². The number of methoxy groups -OCH3 is 1. The Bertz CT molecular complexity index is 1410. The molecule has 1 aliphatic heterocycles. The maximum atomic E-state index is 13.6. The number of hydrogen-bond acceptors (Lipinski definition) is 7. The van der Waals surface area contributed by atoms with Crippen molar-refractivity contribution in [2.24, 2.45) is 10.5 Å². The quantitative estimate of drug-likeness (QED) is 0.326. The second-order valence-corrected chi connectivity index (χ2v) is 11.1. The van der Waals surface area contributed by atoms with Crippen LogP contribution in [0.3, 0.4) is 0 Å². The molecular weight excluding hydrogens is 533 g/mol. The molecule has 3 aromatic rings. The lowest BCUT2D eigenvalue weighted by atomic mass is 9.90. The number of thioether (sulfide) groups is 1. The first kappa shape index (κ1) is 28.9. The Morgan fingerprint density at radius 3 is 2.50 bits per heavy atom. The third kappa shape index (κ3) is 6.56. The first-order valence-corrected chi connectivity index (χ1v) is 13.7. The number of hydrogen-bond donors (Lipinski definition) is 2. The fourth-order valence-electron chi connectivity index (χ4n) is 3.89. The normalized spacial score (nSPS) is 15.0. The third-order valence-electron chi connectivity index (χ3n) is 6.64. The summed E-state index contributed by atoms with van der Waals surface area (Å²) in [5, 5.41) is 18.9. The van der Waals surface area contributed by atoms with Gasteiger partial charge in [-0.1, -0.05) is 56.8 Å². The van der Waals surface area contributed by atoms with E-state index in [1.807, 2.05) is 0 Å². The van der Waals surface area contributed by atoms with Crippen molar-refractivity contribution in [1.82, 2.24) is 10.3 Å². The summed E-state index contributed by atoms with van der Waals surface area (Å²) < 4.78 is 25.1. The van der Waals surface area contributed by atoms with Crippen molar-refractivity contribution in [3.63, 3.8) is 0 Å². The van der Waals surface area contributed by atoms with Gasteiger partial charge in [-0.25, -0.2) is 9.40 Å². The van der Waals surface area contributed by atoms with Crippen molar-refractivity contribution in [1.29, 1.82) is 0 Å². The minimum atomic E-state index is -0.704. The van der Waals surface area contributed by atoms with Crippen LogP contribution in [0.15, 0.2) is 71.8 Å². The lowest BCUT2D eigenvalue weighted by molar-refractivity contribution is -0.123. The van der Waals surface area contributed by atoms with Crippen LogP contribution >= 0.6 is 11.8 Å². The minimum absolute atomic E-state index is 0.0294. The Balaban J connectivity index is 1.64. The first-order chi connectivity index (χ1) is 19.1. The SMILES string of the molecule is CCC(C)(C)CNC(=O)COc1cccc(C2SC(c3ccc(F)cc3)=NN2C(=O)c2ccccc2O)c1OC. The average molecular weight is 566 g/mol. The van der Waals surface area contributed by atoms with Crippen molar-refractivity contribution >= 4 is 28.6 Å². The van der Waals surface area contributed by atoms with E-state index in [9.17, 15) is 19.1 Å².